The van der Waals surface area contributed by atoms with Crippen molar-refractivity contribution in [1.29, 1.82) is 0 Å². The molecule has 1 aliphatic carbocycles. The van der Waals surface area contributed by atoms with Crippen LogP contribution in [0.3, 0.4) is 0 Å². The molecule has 0 atom stereocenters. The number of rotatable bonds is 1. The summed E-state index contributed by atoms with van der Waals surface area (Å²) in [6.07, 6.45) is 1.72. The largest absolute Gasteiger partial charge is 0.291 e. The van der Waals surface area contributed by atoms with Crippen molar-refractivity contribution in [2.75, 3.05) is 0 Å². The number of para-hydroxylation sites is 3. The van der Waals surface area contributed by atoms with Crippen LogP contribution in [0.25, 0.3) is 28.0 Å². The third-order valence-electron chi connectivity index (χ3n) is 4.97. The first-order chi connectivity index (χ1) is 12.6. The van der Waals surface area contributed by atoms with E-state index >= 15 is 0 Å². The molecular formula is C21H16N4O. The van der Waals surface area contributed by atoms with Gasteiger partial charge in [0.25, 0.3) is 0 Å². The van der Waals surface area contributed by atoms with Crippen molar-refractivity contribution >= 4 is 16.8 Å². The van der Waals surface area contributed by atoms with Crippen LogP contribution >= 0.6 is 0 Å². The van der Waals surface area contributed by atoms with Gasteiger partial charge in [-0.05, 0) is 38.1 Å². The molecule has 5 nitrogen and oxygen atoms in total. The highest BCUT2D eigenvalue weighted by molar-refractivity contribution is 6.11. The molecule has 0 N–H and O–H groups in total. The van der Waals surface area contributed by atoms with E-state index in [2.05, 4.69) is 5.10 Å². The predicted molar refractivity (Wildman–Crippen MR) is 99.5 cm³/mol. The first kappa shape index (κ1) is 15.0. The van der Waals surface area contributed by atoms with E-state index in [0.717, 1.165) is 28.0 Å². The summed E-state index contributed by atoms with van der Waals surface area (Å²) < 4.78 is 1.71. The van der Waals surface area contributed by atoms with Crippen molar-refractivity contribution in [1.82, 2.24) is 19.7 Å². The highest BCUT2D eigenvalue weighted by Crippen LogP contribution is 2.42. The lowest BCUT2D eigenvalue weighted by molar-refractivity contribution is 0.0895. The molecule has 0 saturated heterocycles. The number of aromatic nitrogens is 4. The van der Waals surface area contributed by atoms with E-state index in [1.54, 1.807) is 10.9 Å². The molecule has 1 aliphatic rings. The Bertz CT molecular complexity index is 1180. The second kappa shape index (κ2) is 5.08. The smallest absolute Gasteiger partial charge is 0.193 e. The second-order valence-electron chi connectivity index (χ2n) is 7.02. The molecule has 126 valence electrons. The summed E-state index contributed by atoms with van der Waals surface area (Å²) in [6.45, 7) is 3.81. The summed E-state index contributed by atoms with van der Waals surface area (Å²) >= 11 is 0. The van der Waals surface area contributed by atoms with Gasteiger partial charge in [-0.25, -0.2) is 14.6 Å². The lowest BCUT2D eigenvalue weighted by Crippen LogP contribution is -2.36. The van der Waals surface area contributed by atoms with Crippen molar-refractivity contribution in [2.24, 2.45) is 0 Å². The van der Waals surface area contributed by atoms with Crippen LogP contribution in [-0.2, 0) is 5.41 Å². The molecule has 2 aromatic heterocycles. The molecule has 0 bridgehead atoms. The first-order valence-electron chi connectivity index (χ1n) is 8.53. The zero-order valence-electron chi connectivity index (χ0n) is 14.5. The van der Waals surface area contributed by atoms with Crippen molar-refractivity contribution in [3.05, 3.63) is 72.2 Å². The molecule has 0 radical (unpaired) electrons. The Morgan fingerprint density at radius 1 is 0.885 bits per heavy atom. The zero-order chi connectivity index (χ0) is 17.9. The number of benzene rings is 2. The number of carbonyl (C=O) groups excluding carboxylic acids is 1. The van der Waals surface area contributed by atoms with Gasteiger partial charge in [0, 0.05) is 0 Å². The fourth-order valence-electron chi connectivity index (χ4n) is 3.53. The quantitative estimate of drug-likeness (QED) is 0.526. The topological polar surface area (TPSA) is 60.7 Å². The SMILES string of the molecule is CC1(C)C(=O)c2c(cnn2-c2ccccc2)-c2nc3ccccc3nc21. The Morgan fingerprint density at radius 2 is 1.54 bits per heavy atom. The summed E-state index contributed by atoms with van der Waals surface area (Å²) in [5.41, 5.74) is 4.46. The molecule has 0 unspecified atom stereocenters. The van der Waals surface area contributed by atoms with Crippen LogP contribution in [0.4, 0.5) is 0 Å². The van der Waals surface area contributed by atoms with Gasteiger partial charge >= 0.3 is 0 Å². The Hall–Kier alpha value is -3.34. The number of nitrogens with zero attached hydrogens (tertiary/aromatic N) is 4. The first-order valence-corrected chi connectivity index (χ1v) is 8.53. The number of hydrogen-bond acceptors (Lipinski definition) is 4. The van der Waals surface area contributed by atoms with Crippen LogP contribution in [0, 0.1) is 0 Å². The number of fused-ring (bicyclic) bond motifs is 4. The van der Waals surface area contributed by atoms with E-state index < -0.39 is 5.41 Å². The van der Waals surface area contributed by atoms with E-state index in [4.69, 9.17) is 9.97 Å². The summed E-state index contributed by atoms with van der Waals surface area (Å²) in [6, 6.07) is 17.4. The minimum absolute atomic E-state index is 0.00549. The van der Waals surface area contributed by atoms with Crippen LogP contribution in [0.15, 0.2) is 60.8 Å². The van der Waals surface area contributed by atoms with Crippen LogP contribution in [-0.4, -0.2) is 25.5 Å². The van der Waals surface area contributed by atoms with Gasteiger partial charge in [-0.2, -0.15) is 5.10 Å². The van der Waals surface area contributed by atoms with E-state index in [-0.39, 0.29) is 5.78 Å². The fourth-order valence-corrected chi connectivity index (χ4v) is 3.53. The maximum atomic E-state index is 13.4. The zero-order valence-corrected chi connectivity index (χ0v) is 14.5. The minimum Gasteiger partial charge on any atom is -0.291 e. The molecular weight excluding hydrogens is 324 g/mol. The summed E-state index contributed by atoms with van der Waals surface area (Å²) in [7, 11) is 0. The second-order valence-corrected chi connectivity index (χ2v) is 7.02. The van der Waals surface area contributed by atoms with Crippen molar-refractivity contribution in [2.45, 2.75) is 19.3 Å². The van der Waals surface area contributed by atoms with Crippen LogP contribution < -0.4 is 0 Å². The lowest BCUT2D eigenvalue weighted by atomic mass is 9.75. The molecule has 5 heteroatoms. The Labute approximate surface area is 150 Å². The van der Waals surface area contributed by atoms with Crippen LogP contribution in [0.5, 0.6) is 0 Å². The Morgan fingerprint density at radius 3 is 2.27 bits per heavy atom. The van der Waals surface area contributed by atoms with Gasteiger partial charge in [0.15, 0.2) is 5.78 Å². The number of ketones is 1. The van der Waals surface area contributed by atoms with Crippen molar-refractivity contribution in [3.8, 4) is 16.9 Å². The van der Waals surface area contributed by atoms with Gasteiger partial charge in [0.05, 0.1) is 45.3 Å². The summed E-state index contributed by atoms with van der Waals surface area (Å²) in [5.74, 6) is 0.00549. The van der Waals surface area contributed by atoms with Gasteiger partial charge in [-0.1, -0.05) is 30.3 Å². The highest BCUT2D eigenvalue weighted by atomic mass is 16.1. The fraction of sp³-hybridized carbons (Fsp3) is 0.143. The molecule has 2 aromatic carbocycles. The van der Waals surface area contributed by atoms with Gasteiger partial charge in [0.1, 0.15) is 5.69 Å². The maximum absolute atomic E-state index is 13.4. The predicted octanol–water partition coefficient (Wildman–Crippen LogP) is 3.96. The summed E-state index contributed by atoms with van der Waals surface area (Å²) in [5, 5.41) is 4.49. The Balaban J connectivity index is 1.85. The lowest BCUT2D eigenvalue weighted by Gasteiger charge is -2.29. The molecule has 0 spiro atoms. The van der Waals surface area contributed by atoms with Crippen LogP contribution in [0.1, 0.15) is 30.0 Å². The number of hydrogen-bond donors (Lipinski definition) is 0. The van der Waals surface area contributed by atoms with E-state index in [1.165, 1.54) is 0 Å². The average molecular weight is 340 g/mol. The highest BCUT2D eigenvalue weighted by Gasteiger charge is 2.44. The van der Waals surface area contributed by atoms with Gasteiger partial charge in [-0.3, -0.25) is 4.79 Å². The van der Waals surface area contributed by atoms with Crippen molar-refractivity contribution in [3.63, 3.8) is 0 Å². The van der Waals surface area contributed by atoms with E-state index in [0.29, 0.717) is 11.4 Å². The number of carbonyl (C=O) groups is 1. The molecule has 4 aromatic rings. The standard InChI is InChI=1S/C21H16N4O/c1-21(2)19-17(23-15-10-6-7-11-16(15)24-19)14-12-22-25(18(14)20(21)26)13-8-4-3-5-9-13/h3-12H,1-2H3. The summed E-state index contributed by atoms with van der Waals surface area (Å²) in [4.78, 5) is 23.0. The molecule has 2 heterocycles. The molecule has 0 amide bonds. The minimum atomic E-state index is -0.772. The number of Topliss-reactive ketones (excluding diaryl/α,β-unsaturated/α-hetero) is 1. The van der Waals surface area contributed by atoms with Gasteiger partial charge < -0.3 is 0 Å². The molecule has 5 rings (SSSR count). The molecule has 0 fully saturated rings. The Kier molecular flexibility index (Phi) is 2.92. The monoisotopic (exact) mass is 340 g/mol. The van der Waals surface area contributed by atoms with Crippen LogP contribution in [0.2, 0.25) is 0 Å². The van der Waals surface area contributed by atoms with E-state index in [1.807, 2.05) is 68.4 Å². The molecule has 0 saturated carbocycles. The third-order valence-corrected chi connectivity index (χ3v) is 4.97. The van der Waals surface area contributed by atoms with Gasteiger partial charge in [0.2, 0.25) is 0 Å². The van der Waals surface area contributed by atoms with E-state index in [9.17, 15) is 4.79 Å². The normalized spacial score (nSPS) is 14.9. The maximum Gasteiger partial charge on any atom is 0.193 e. The molecule has 0 aliphatic heterocycles. The van der Waals surface area contributed by atoms with Crippen molar-refractivity contribution < 1.29 is 4.79 Å². The average Bonchev–Trinajstić information content (AvgIpc) is 3.11. The van der Waals surface area contributed by atoms with Gasteiger partial charge in [-0.15, -0.1) is 0 Å². The third kappa shape index (κ3) is 1.91. The molecule has 26 heavy (non-hydrogen) atoms.